The van der Waals surface area contributed by atoms with Gasteiger partial charge in [0.25, 0.3) is 0 Å². The first-order valence-corrected chi connectivity index (χ1v) is 8.55. The third kappa shape index (κ3) is 3.81. The molecule has 5 nitrogen and oxygen atoms in total. The zero-order chi connectivity index (χ0) is 15.1. The molecule has 0 spiro atoms. The van der Waals surface area contributed by atoms with Gasteiger partial charge < -0.3 is 5.73 Å². The molecule has 3 N–H and O–H groups in total. The number of hydrogen-bond donors (Lipinski definition) is 2. The number of amides is 1. The second-order valence-corrected chi connectivity index (χ2v) is 6.64. The number of nitrogens with two attached hydrogens (primary N) is 1. The lowest BCUT2D eigenvalue weighted by atomic mass is 9.86. The number of carbonyl (C=O) groups is 1. The van der Waals surface area contributed by atoms with E-state index in [1.807, 2.05) is 37.3 Å². The molecule has 0 fully saturated rings. The number of nitrogens with one attached hydrogen (secondary N) is 1. The minimum Gasteiger partial charge on any atom is -0.368 e. The monoisotopic (exact) mass is 322 g/mol. The molecule has 0 aliphatic rings. The van der Waals surface area contributed by atoms with Crippen LogP contribution in [0.25, 0.3) is 0 Å². The van der Waals surface area contributed by atoms with Crippen LogP contribution < -0.4 is 11.1 Å². The van der Waals surface area contributed by atoms with Crippen molar-refractivity contribution in [3.8, 4) is 0 Å². The molecule has 2 aromatic rings. The molecule has 1 heterocycles. The van der Waals surface area contributed by atoms with Gasteiger partial charge in [-0.05, 0) is 18.5 Å². The van der Waals surface area contributed by atoms with Gasteiger partial charge in [0, 0.05) is 5.75 Å². The van der Waals surface area contributed by atoms with Crippen LogP contribution in [0.2, 0.25) is 0 Å². The molecule has 21 heavy (non-hydrogen) atoms. The molecule has 1 amide bonds. The fourth-order valence-electron chi connectivity index (χ4n) is 2.23. The van der Waals surface area contributed by atoms with Gasteiger partial charge in [-0.1, -0.05) is 60.4 Å². The number of benzene rings is 1. The second kappa shape index (κ2) is 7.53. The summed E-state index contributed by atoms with van der Waals surface area (Å²) >= 11 is 3.08. The smallest absolute Gasteiger partial charge is 0.242 e. The van der Waals surface area contributed by atoms with Crippen molar-refractivity contribution in [1.82, 2.24) is 15.5 Å². The molecule has 112 valence electrons. The highest BCUT2D eigenvalue weighted by Crippen LogP contribution is 2.29. The van der Waals surface area contributed by atoms with Crippen LogP contribution in [-0.2, 0) is 10.3 Å². The van der Waals surface area contributed by atoms with Crippen molar-refractivity contribution in [2.75, 3.05) is 12.3 Å². The number of likely N-dealkylation sites (N-methyl/N-ethyl adjacent to an activating group) is 1. The van der Waals surface area contributed by atoms with Crippen LogP contribution in [0.5, 0.6) is 0 Å². The molecule has 0 aliphatic heterocycles. The number of rotatable bonds is 8. The van der Waals surface area contributed by atoms with Crippen LogP contribution in [0.4, 0.5) is 0 Å². The highest BCUT2D eigenvalue weighted by Gasteiger charge is 2.37. The number of thioether (sulfide) groups is 1. The standard InChI is InChI=1S/C14H18N4OS2/c1-2-16-14(12(15)19,11-6-4-3-5-7-11)8-9-20-13-18-17-10-21-13/h3-7,10,16H,2,8-9H2,1H3,(H2,15,19). The summed E-state index contributed by atoms with van der Waals surface area (Å²) in [4.78, 5) is 12.1. The summed E-state index contributed by atoms with van der Waals surface area (Å²) in [5.41, 5.74) is 7.47. The lowest BCUT2D eigenvalue weighted by Crippen LogP contribution is -2.53. The van der Waals surface area contributed by atoms with Crippen LogP contribution in [-0.4, -0.2) is 28.4 Å². The van der Waals surface area contributed by atoms with Crippen molar-refractivity contribution in [3.05, 3.63) is 41.4 Å². The molecule has 0 aliphatic carbocycles. The van der Waals surface area contributed by atoms with Crippen LogP contribution >= 0.6 is 23.1 Å². The van der Waals surface area contributed by atoms with Gasteiger partial charge in [-0.2, -0.15) is 0 Å². The summed E-state index contributed by atoms with van der Waals surface area (Å²) in [6.07, 6.45) is 0.602. The van der Waals surface area contributed by atoms with Crippen molar-refractivity contribution >= 4 is 29.0 Å². The zero-order valence-electron chi connectivity index (χ0n) is 11.8. The van der Waals surface area contributed by atoms with E-state index >= 15 is 0 Å². The lowest BCUT2D eigenvalue weighted by Gasteiger charge is -2.32. The van der Waals surface area contributed by atoms with Crippen molar-refractivity contribution < 1.29 is 4.79 Å². The van der Waals surface area contributed by atoms with E-state index < -0.39 is 5.54 Å². The quantitative estimate of drug-likeness (QED) is 0.727. The van der Waals surface area contributed by atoms with E-state index in [1.165, 1.54) is 11.3 Å². The fraction of sp³-hybridized carbons (Fsp3) is 0.357. The minimum atomic E-state index is -0.840. The van der Waals surface area contributed by atoms with Gasteiger partial charge in [-0.3, -0.25) is 10.1 Å². The van der Waals surface area contributed by atoms with Crippen LogP contribution in [0.1, 0.15) is 18.9 Å². The van der Waals surface area contributed by atoms with E-state index in [0.29, 0.717) is 13.0 Å². The Morgan fingerprint density at radius 1 is 1.43 bits per heavy atom. The van der Waals surface area contributed by atoms with Gasteiger partial charge in [-0.15, -0.1) is 10.2 Å². The molecule has 1 aromatic carbocycles. The number of nitrogens with zero attached hydrogens (tertiary/aromatic N) is 2. The molecule has 1 atom stereocenters. The fourth-order valence-corrected chi connectivity index (χ4v) is 3.85. The van der Waals surface area contributed by atoms with Crippen molar-refractivity contribution in [2.24, 2.45) is 5.73 Å². The SMILES string of the molecule is CCNC(CCSc1nncs1)(C(N)=O)c1ccccc1. The van der Waals surface area contributed by atoms with Crippen LogP contribution in [0.3, 0.4) is 0 Å². The Labute approximate surface area is 132 Å². The summed E-state index contributed by atoms with van der Waals surface area (Å²) in [7, 11) is 0. The molecule has 0 bridgehead atoms. The summed E-state index contributed by atoms with van der Waals surface area (Å²) in [5.74, 6) is 0.383. The summed E-state index contributed by atoms with van der Waals surface area (Å²) in [6, 6.07) is 9.63. The number of carbonyl (C=O) groups excluding carboxylic acids is 1. The van der Waals surface area contributed by atoms with Crippen LogP contribution in [0, 0.1) is 0 Å². The number of aromatic nitrogens is 2. The summed E-state index contributed by atoms with van der Waals surface area (Å²) in [6.45, 7) is 2.64. The molecular formula is C14H18N4OS2. The van der Waals surface area contributed by atoms with E-state index in [0.717, 1.165) is 15.7 Å². The lowest BCUT2D eigenvalue weighted by molar-refractivity contribution is -0.124. The zero-order valence-corrected chi connectivity index (χ0v) is 13.4. The van der Waals surface area contributed by atoms with Crippen LogP contribution in [0.15, 0.2) is 40.2 Å². The molecular weight excluding hydrogens is 304 g/mol. The highest BCUT2D eigenvalue weighted by molar-refractivity contribution is 8.00. The molecule has 0 saturated carbocycles. The molecule has 7 heteroatoms. The maximum absolute atomic E-state index is 12.1. The van der Waals surface area contributed by atoms with Crippen molar-refractivity contribution in [2.45, 2.75) is 23.2 Å². The average molecular weight is 322 g/mol. The average Bonchev–Trinajstić information content (AvgIpc) is 3.00. The molecule has 1 aromatic heterocycles. The Bertz CT molecular complexity index is 562. The third-order valence-electron chi connectivity index (χ3n) is 3.21. The molecule has 0 saturated heterocycles. The van der Waals surface area contributed by atoms with E-state index in [4.69, 9.17) is 5.73 Å². The topological polar surface area (TPSA) is 80.9 Å². The molecule has 1 unspecified atom stereocenters. The minimum absolute atomic E-state index is 0.353. The maximum Gasteiger partial charge on any atom is 0.242 e. The third-order valence-corrected chi connectivity index (χ3v) is 5.07. The van der Waals surface area contributed by atoms with E-state index in [2.05, 4.69) is 15.5 Å². The Hall–Kier alpha value is -1.44. The van der Waals surface area contributed by atoms with Gasteiger partial charge in [0.2, 0.25) is 5.91 Å². The number of hydrogen-bond acceptors (Lipinski definition) is 6. The molecule has 2 rings (SSSR count). The van der Waals surface area contributed by atoms with E-state index in [9.17, 15) is 4.79 Å². The largest absolute Gasteiger partial charge is 0.368 e. The Morgan fingerprint density at radius 2 is 2.19 bits per heavy atom. The van der Waals surface area contributed by atoms with E-state index in [-0.39, 0.29) is 5.91 Å². The molecule has 0 radical (unpaired) electrons. The second-order valence-electron chi connectivity index (χ2n) is 4.47. The predicted octanol–water partition coefficient (Wildman–Crippen LogP) is 2.01. The first-order valence-electron chi connectivity index (χ1n) is 6.68. The predicted molar refractivity (Wildman–Crippen MR) is 86.2 cm³/mol. The van der Waals surface area contributed by atoms with Crippen molar-refractivity contribution in [3.63, 3.8) is 0 Å². The van der Waals surface area contributed by atoms with Gasteiger partial charge in [0.1, 0.15) is 11.0 Å². The number of primary amides is 1. The Kier molecular flexibility index (Phi) is 5.72. The van der Waals surface area contributed by atoms with Gasteiger partial charge in [-0.25, -0.2) is 0 Å². The van der Waals surface area contributed by atoms with Gasteiger partial charge >= 0.3 is 0 Å². The highest BCUT2D eigenvalue weighted by atomic mass is 32.2. The first kappa shape index (κ1) is 15.9. The normalized spacial score (nSPS) is 13.8. The first-order chi connectivity index (χ1) is 10.2. The maximum atomic E-state index is 12.1. The van der Waals surface area contributed by atoms with Gasteiger partial charge in [0.05, 0.1) is 0 Å². The van der Waals surface area contributed by atoms with E-state index in [1.54, 1.807) is 17.3 Å². The van der Waals surface area contributed by atoms with Gasteiger partial charge in [0.15, 0.2) is 4.34 Å². The summed E-state index contributed by atoms with van der Waals surface area (Å²) in [5, 5.41) is 11.1. The summed E-state index contributed by atoms with van der Waals surface area (Å²) < 4.78 is 0.901. The Balaban J connectivity index is 2.16. The Morgan fingerprint density at radius 3 is 2.76 bits per heavy atom. The van der Waals surface area contributed by atoms with Crippen molar-refractivity contribution in [1.29, 1.82) is 0 Å².